The van der Waals surface area contributed by atoms with Crippen LogP contribution in [-0.2, 0) is 11.2 Å². The topological polar surface area (TPSA) is 99.1 Å². The number of ether oxygens (including phenoxy) is 1. The van der Waals surface area contributed by atoms with Crippen molar-refractivity contribution in [1.82, 2.24) is 10.2 Å². The van der Waals surface area contributed by atoms with Crippen LogP contribution < -0.4 is 5.32 Å². The summed E-state index contributed by atoms with van der Waals surface area (Å²) in [6.07, 6.45) is 7.85. The average Bonchev–Trinajstić information content (AvgIpc) is 3.82. The zero-order chi connectivity index (χ0) is 39.3. The van der Waals surface area contributed by atoms with Gasteiger partial charge in [0.1, 0.15) is 0 Å². The van der Waals surface area contributed by atoms with Gasteiger partial charge in [-0.25, -0.2) is 4.79 Å². The molecule has 6 atom stereocenters. The van der Waals surface area contributed by atoms with Gasteiger partial charge in [0.25, 0.3) is 0 Å². The van der Waals surface area contributed by atoms with Crippen molar-refractivity contribution < 1.29 is 24.5 Å². The Hall–Kier alpha value is -4.56. The van der Waals surface area contributed by atoms with E-state index in [4.69, 9.17) is 4.74 Å². The van der Waals surface area contributed by atoms with E-state index in [1.54, 1.807) is 4.90 Å². The van der Waals surface area contributed by atoms with E-state index in [0.717, 1.165) is 53.5 Å². The molecular weight excluding hydrogens is 697 g/mol. The van der Waals surface area contributed by atoms with Crippen LogP contribution in [0.15, 0.2) is 115 Å². The summed E-state index contributed by atoms with van der Waals surface area (Å²) >= 11 is 0. The number of ketones is 1. The van der Waals surface area contributed by atoms with Gasteiger partial charge >= 0.3 is 6.03 Å². The molecule has 2 fully saturated rings. The number of aliphatic hydroxyl groups is 2. The highest BCUT2D eigenvalue weighted by Gasteiger charge is 2.58. The molecule has 1 aliphatic heterocycles. The van der Waals surface area contributed by atoms with Gasteiger partial charge in [-0.05, 0) is 111 Å². The third kappa shape index (κ3) is 8.56. The number of allylic oxidation sites excluding steroid dienone is 2. The largest absolute Gasteiger partial charge is 0.393 e. The van der Waals surface area contributed by atoms with Crippen molar-refractivity contribution in [2.75, 3.05) is 19.7 Å². The third-order valence-corrected chi connectivity index (χ3v) is 13.0. The quantitative estimate of drug-likeness (QED) is 0.117. The molecular formula is C49H58N2O5. The number of aliphatic hydroxyl groups excluding tert-OH is 1. The maximum Gasteiger partial charge on any atom is 0.318 e. The van der Waals surface area contributed by atoms with Gasteiger partial charge in [0.15, 0.2) is 5.78 Å². The van der Waals surface area contributed by atoms with Crippen molar-refractivity contribution in [3.63, 3.8) is 0 Å². The minimum absolute atomic E-state index is 0.0642. The molecule has 1 heterocycles. The van der Waals surface area contributed by atoms with Crippen molar-refractivity contribution in [3.05, 3.63) is 143 Å². The summed E-state index contributed by atoms with van der Waals surface area (Å²) in [4.78, 5) is 31.1. The Labute approximate surface area is 332 Å². The molecule has 1 saturated heterocycles. The molecule has 3 N–H and O–H groups in total. The number of carbonyl (C=O) groups is 2. The van der Waals surface area contributed by atoms with Gasteiger partial charge in [0, 0.05) is 29.7 Å². The van der Waals surface area contributed by atoms with Crippen molar-refractivity contribution in [3.8, 4) is 11.1 Å². The minimum atomic E-state index is -1.25. The number of rotatable bonds is 9. The fraction of sp³-hybridized carbons (Fsp3) is 0.429. The monoisotopic (exact) mass is 754 g/mol. The zero-order valence-electron chi connectivity index (χ0n) is 33.3. The van der Waals surface area contributed by atoms with E-state index in [1.807, 2.05) is 97.9 Å². The van der Waals surface area contributed by atoms with E-state index in [0.29, 0.717) is 56.4 Å². The molecule has 3 aliphatic carbocycles. The Kier molecular flexibility index (Phi) is 12.2. The van der Waals surface area contributed by atoms with Gasteiger partial charge < -0.3 is 25.2 Å². The van der Waals surface area contributed by atoms with Gasteiger partial charge in [-0.3, -0.25) is 4.79 Å². The van der Waals surface area contributed by atoms with Crippen LogP contribution in [0.2, 0.25) is 0 Å². The van der Waals surface area contributed by atoms with Crippen LogP contribution in [0.4, 0.5) is 4.79 Å². The second kappa shape index (κ2) is 17.3. The smallest absolute Gasteiger partial charge is 0.318 e. The molecule has 0 aromatic heterocycles. The SMILES string of the molecule is CC1=CCCC2(C)C(CCC2(O)CN(CC2CCCO2)C(=O)NC(C)c2ccccc2)c2ccc(cc2C(=O)c2ccccc2-c2ccccc2)CC(O)CC1. The lowest BCUT2D eigenvalue weighted by Gasteiger charge is -2.46. The maximum absolute atomic E-state index is 15.0. The molecule has 0 radical (unpaired) electrons. The Morgan fingerprint density at radius 1 is 0.911 bits per heavy atom. The van der Waals surface area contributed by atoms with Crippen molar-refractivity contribution in [2.45, 2.75) is 108 Å². The fourth-order valence-corrected chi connectivity index (χ4v) is 9.56. The average molecular weight is 755 g/mol. The number of carbonyl (C=O) groups excluding carboxylic acids is 2. The van der Waals surface area contributed by atoms with E-state index in [2.05, 4.69) is 37.4 Å². The third-order valence-electron chi connectivity index (χ3n) is 13.0. The van der Waals surface area contributed by atoms with Gasteiger partial charge in [-0.1, -0.05) is 116 Å². The lowest BCUT2D eigenvalue weighted by molar-refractivity contribution is -0.0808. The van der Waals surface area contributed by atoms with E-state index in [-0.39, 0.29) is 36.4 Å². The molecule has 6 unspecified atom stereocenters. The Morgan fingerprint density at radius 2 is 1.64 bits per heavy atom. The van der Waals surface area contributed by atoms with Crippen LogP contribution in [0, 0.1) is 5.41 Å². The summed E-state index contributed by atoms with van der Waals surface area (Å²) < 4.78 is 6.06. The second-order valence-electron chi connectivity index (χ2n) is 16.8. The Bertz CT molecular complexity index is 2010. The molecule has 1 saturated carbocycles. The number of hydrogen-bond donors (Lipinski definition) is 3. The molecule has 4 aromatic carbocycles. The Morgan fingerprint density at radius 3 is 2.39 bits per heavy atom. The first kappa shape index (κ1) is 39.7. The number of amides is 2. The lowest BCUT2D eigenvalue weighted by atomic mass is 9.64. The van der Waals surface area contributed by atoms with E-state index in [9.17, 15) is 15.0 Å². The highest BCUT2D eigenvalue weighted by molar-refractivity contribution is 6.13. The standard InChI is InChI=1S/C49H58N2O5/c1-34-14-12-27-48(3)45(26-28-49(48,55)33-51(32-40-19-13-29-56-40)47(54)50-35(2)37-15-6-4-7-16-37)42-25-23-36(30-39(52)24-22-34)31-44(42)46(53)43-21-11-10-20-41(43)38-17-8-5-9-18-38/h4-11,14-18,20-21,23,25,31,35,39-40,45,52,55H,12-13,19,22,24,26-30,32-33H2,1-3H3,(H,50,54). The van der Waals surface area contributed by atoms with E-state index in [1.165, 1.54) is 5.57 Å². The van der Waals surface area contributed by atoms with Gasteiger partial charge in [0.2, 0.25) is 0 Å². The molecule has 7 heteroatoms. The molecule has 56 heavy (non-hydrogen) atoms. The first-order valence-corrected chi connectivity index (χ1v) is 20.6. The summed E-state index contributed by atoms with van der Waals surface area (Å²) in [5.41, 5.74) is 5.22. The molecule has 294 valence electrons. The maximum atomic E-state index is 15.0. The second-order valence-corrected chi connectivity index (χ2v) is 16.8. The minimum Gasteiger partial charge on any atom is -0.393 e. The van der Waals surface area contributed by atoms with Crippen molar-refractivity contribution in [2.24, 2.45) is 5.41 Å². The van der Waals surface area contributed by atoms with Crippen LogP contribution in [0.25, 0.3) is 11.1 Å². The van der Waals surface area contributed by atoms with E-state index >= 15 is 4.79 Å². The van der Waals surface area contributed by atoms with Crippen molar-refractivity contribution in [1.29, 1.82) is 0 Å². The summed E-state index contributed by atoms with van der Waals surface area (Å²) in [7, 11) is 0. The van der Waals surface area contributed by atoms with Gasteiger partial charge in [0.05, 0.1) is 30.4 Å². The summed E-state index contributed by atoms with van der Waals surface area (Å²) in [6.45, 7) is 7.51. The summed E-state index contributed by atoms with van der Waals surface area (Å²) in [5.74, 6) is -0.229. The van der Waals surface area contributed by atoms with E-state index < -0.39 is 17.1 Å². The molecule has 2 bridgehead atoms. The first-order valence-electron chi connectivity index (χ1n) is 20.6. The summed E-state index contributed by atoms with van der Waals surface area (Å²) in [5, 5.41) is 27.5. The number of fused-ring (bicyclic) bond motifs is 8. The Balaban J connectivity index is 1.28. The number of benzene rings is 4. The van der Waals surface area contributed by atoms with Crippen LogP contribution in [-0.4, -0.2) is 64.4 Å². The molecule has 4 aromatic rings. The molecule has 0 spiro atoms. The van der Waals surface area contributed by atoms with Gasteiger partial charge in [-0.15, -0.1) is 0 Å². The predicted octanol–water partition coefficient (Wildman–Crippen LogP) is 9.57. The normalized spacial score (nSPS) is 25.8. The highest BCUT2D eigenvalue weighted by atomic mass is 16.5. The van der Waals surface area contributed by atoms with Crippen LogP contribution in [0.3, 0.4) is 0 Å². The van der Waals surface area contributed by atoms with Crippen molar-refractivity contribution >= 4 is 11.8 Å². The first-order chi connectivity index (χ1) is 27.0. The van der Waals surface area contributed by atoms with Crippen LogP contribution in [0.1, 0.15) is 117 Å². The molecule has 4 aliphatic rings. The zero-order valence-corrected chi connectivity index (χ0v) is 33.3. The molecule has 2 amide bonds. The molecule has 8 rings (SSSR count). The lowest BCUT2D eigenvalue weighted by Crippen LogP contribution is -2.56. The number of nitrogens with zero attached hydrogens (tertiary/aromatic N) is 1. The number of nitrogens with one attached hydrogen (secondary N) is 1. The molecule has 7 nitrogen and oxygen atoms in total. The number of urea groups is 1. The van der Waals surface area contributed by atoms with Crippen LogP contribution in [0.5, 0.6) is 0 Å². The van der Waals surface area contributed by atoms with Gasteiger partial charge in [-0.2, -0.15) is 0 Å². The highest BCUT2D eigenvalue weighted by Crippen LogP contribution is 2.59. The summed E-state index contributed by atoms with van der Waals surface area (Å²) in [6, 6.07) is 33.4. The number of hydrogen-bond acceptors (Lipinski definition) is 5. The van der Waals surface area contributed by atoms with Crippen LogP contribution >= 0.6 is 0 Å². The predicted molar refractivity (Wildman–Crippen MR) is 223 cm³/mol. The fourth-order valence-electron chi connectivity index (χ4n) is 9.56.